The molecule has 0 spiro atoms. The zero-order valence-corrected chi connectivity index (χ0v) is 17.2. The third kappa shape index (κ3) is 19.3. The second-order valence-electron chi connectivity index (χ2n) is 4.89. The van der Waals surface area contributed by atoms with E-state index in [1.807, 2.05) is 0 Å². The van der Waals surface area contributed by atoms with Crippen molar-refractivity contribution in [1.29, 1.82) is 0 Å². The van der Waals surface area contributed by atoms with E-state index in [0.717, 1.165) is 0 Å². The third-order valence-corrected chi connectivity index (χ3v) is 3.38. The number of carbonyl (C=O) groups excluding carboxylic acids is 2. The van der Waals surface area contributed by atoms with Crippen LogP contribution in [0.3, 0.4) is 0 Å². The molecule has 0 aromatic heterocycles. The van der Waals surface area contributed by atoms with E-state index in [1.165, 1.54) is 0 Å². The number of carbonyl (C=O) groups is 4. The molecule has 20 heteroatoms. The highest BCUT2D eigenvalue weighted by Gasteiger charge is 2.21. The van der Waals surface area contributed by atoms with Gasteiger partial charge in [0.1, 0.15) is 18.6 Å². The molecular weight excluding hydrogens is 482 g/mol. The lowest BCUT2D eigenvalue weighted by molar-refractivity contribution is -0.139. The minimum absolute atomic E-state index is 0.0256. The van der Waals surface area contributed by atoms with Crippen molar-refractivity contribution in [3.8, 4) is 0 Å². The molecule has 0 aliphatic rings. The fourth-order valence-corrected chi connectivity index (χ4v) is 2.05. The Hall–Kier alpha value is -2.07. The monoisotopic (exact) mass is 501 g/mol. The minimum atomic E-state index is -5.02. The summed E-state index contributed by atoms with van der Waals surface area (Å²) in [6, 6.07) is -2.15. The molecule has 0 aliphatic carbocycles. The number of hydrogen-bond acceptors (Lipinski definition) is 12. The van der Waals surface area contributed by atoms with Gasteiger partial charge in [-0.05, 0) is 6.42 Å². The number of aliphatic carboxylic acids is 2. The molecular formula is C10H19N3O14S3. The summed E-state index contributed by atoms with van der Waals surface area (Å²) in [7, 11) is -10.0. The molecule has 2 unspecified atom stereocenters. The van der Waals surface area contributed by atoms with Gasteiger partial charge < -0.3 is 26.6 Å². The van der Waals surface area contributed by atoms with Crippen molar-refractivity contribution in [1.82, 2.24) is 10.6 Å². The van der Waals surface area contributed by atoms with Crippen LogP contribution < -0.4 is 16.4 Å². The molecule has 0 saturated carbocycles. The van der Waals surface area contributed by atoms with Crippen LogP contribution in [0.5, 0.6) is 0 Å². The first-order valence-corrected chi connectivity index (χ1v) is 10.6. The van der Waals surface area contributed by atoms with Gasteiger partial charge >= 0.3 is 32.7 Å². The highest BCUT2D eigenvalue weighted by molar-refractivity contribution is 7.83. The summed E-state index contributed by atoms with van der Waals surface area (Å²) in [5.41, 5.74) is 5.23. The van der Waals surface area contributed by atoms with Crippen LogP contribution in [-0.4, -0.2) is 84.3 Å². The van der Waals surface area contributed by atoms with Crippen molar-refractivity contribution in [3.05, 3.63) is 0 Å². The van der Waals surface area contributed by atoms with Crippen LogP contribution in [0, 0.1) is 0 Å². The van der Waals surface area contributed by atoms with E-state index in [2.05, 4.69) is 31.9 Å². The Bertz CT molecular complexity index is 779. The molecule has 2 atom stereocenters. The highest BCUT2D eigenvalue weighted by Crippen LogP contribution is 1.97. The van der Waals surface area contributed by atoms with Gasteiger partial charge in [0.05, 0.1) is 0 Å². The average molecular weight is 501 g/mol. The summed E-state index contributed by atoms with van der Waals surface area (Å²) >= 11 is 3.87. The zero-order valence-electron chi connectivity index (χ0n) is 14.7. The van der Waals surface area contributed by atoms with Crippen molar-refractivity contribution in [2.45, 2.75) is 24.9 Å². The van der Waals surface area contributed by atoms with Crippen LogP contribution in [-0.2, 0) is 48.6 Å². The first kappa shape index (κ1) is 30.1. The van der Waals surface area contributed by atoms with Gasteiger partial charge in [0.2, 0.25) is 11.8 Å². The molecule has 8 N–H and O–H groups in total. The smallest absolute Gasteiger partial charge is 0.425 e. The highest BCUT2D eigenvalue weighted by atomic mass is 32.3. The summed E-state index contributed by atoms with van der Waals surface area (Å²) in [5, 5.41) is 21.4. The number of nitrogens with one attached hydrogen (secondary N) is 2. The van der Waals surface area contributed by atoms with Gasteiger partial charge in [-0.25, -0.2) is 0 Å². The number of thiol groups is 1. The molecule has 0 fully saturated rings. The lowest BCUT2D eigenvalue weighted by Crippen LogP contribution is -2.49. The molecule has 30 heavy (non-hydrogen) atoms. The maximum atomic E-state index is 11.5. The standard InChI is InChI=1S/C10H17N3O6S.H2O8S2/c11-5(10(18)19)1-2-7(14)13-6(4-20)9(17)12-3-8(15)16;1-9(2,3)7-8-10(4,5)6/h5-6,20H,1-4,11H2,(H,12,17)(H,13,14)(H,15,16)(H,18,19);(H,1,2,3)(H,4,5,6). The lowest BCUT2D eigenvalue weighted by atomic mass is 10.1. The van der Waals surface area contributed by atoms with Gasteiger partial charge in [0.15, 0.2) is 0 Å². The minimum Gasteiger partial charge on any atom is -0.480 e. The number of rotatable bonds is 12. The van der Waals surface area contributed by atoms with E-state index in [1.54, 1.807) is 0 Å². The van der Waals surface area contributed by atoms with Gasteiger partial charge in [-0.3, -0.25) is 28.3 Å². The van der Waals surface area contributed by atoms with E-state index in [9.17, 15) is 36.0 Å². The summed E-state index contributed by atoms with van der Waals surface area (Å²) in [6.07, 6.45) is -0.235. The quantitative estimate of drug-likeness (QED) is 0.0553. The maximum absolute atomic E-state index is 11.5. The first-order chi connectivity index (χ1) is 13.5. The summed E-state index contributed by atoms with van der Waals surface area (Å²) in [4.78, 5) is 43.7. The molecule has 0 aromatic carbocycles. The third-order valence-electron chi connectivity index (χ3n) is 2.45. The summed E-state index contributed by atoms with van der Waals surface area (Å²) < 4.78 is 58.9. The number of carboxylic acids is 2. The zero-order chi connectivity index (χ0) is 24.1. The van der Waals surface area contributed by atoms with E-state index < -0.39 is 63.2 Å². The fourth-order valence-electron chi connectivity index (χ4n) is 1.23. The van der Waals surface area contributed by atoms with Crippen molar-refractivity contribution in [3.63, 3.8) is 0 Å². The van der Waals surface area contributed by atoms with Crippen molar-refractivity contribution < 1.29 is 64.0 Å². The predicted molar refractivity (Wildman–Crippen MR) is 96.5 cm³/mol. The Kier molecular flexibility index (Phi) is 14.1. The topological polar surface area (TPSA) is 286 Å². The van der Waals surface area contributed by atoms with Gasteiger partial charge in [0.25, 0.3) is 0 Å². The fraction of sp³-hybridized carbons (Fsp3) is 0.600. The maximum Gasteiger partial charge on any atom is 0.425 e. The van der Waals surface area contributed by atoms with Gasteiger partial charge in [-0.2, -0.15) is 29.5 Å². The van der Waals surface area contributed by atoms with Crippen molar-refractivity contribution in [2.75, 3.05) is 12.3 Å². The Morgan fingerprint density at radius 2 is 1.47 bits per heavy atom. The Balaban J connectivity index is 0. The van der Waals surface area contributed by atoms with Crippen molar-refractivity contribution >= 4 is 57.2 Å². The number of carboxylic acid groups (broad SMARTS) is 2. The summed E-state index contributed by atoms with van der Waals surface area (Å²) in [6.45, 7) is -0.567. The normalized spacial score (nSPS) is 13.2. The predicted octanol–water partition coefficient (Wildman–Crippen LogP) is -3.67. The van der Waals surface area contributed by atoms with Gasteiger partial charge in [0, 0.05) is 12.2 Å². The second-order valence-corrected chi connectivity index (χ2v) is 7.24. The average Bonchev–Trinajstić information content (AvgIpc) is 2.59. The van der Waals surface area contributed by atoms with E-state index in [0.29, 0.717) is 0 Å². The van der Waals surface area contributed by atoms with Crippen LogP contribution in [0.15, 0.2) is 0 Å². The van der Waals surface area contributed by atoms with E-state index in [4.69, 9.17) is 25.1 Å². The van der Waals surface area contributed by atoms with E-state index in [-0.39, 0.29) is 18.6 Å². The van der Waals surface area contributed by atoms with Crippen LogP contribution in [0.1, 0.15) is 12.8 Å². The first-order valence-electron chi connectivity index (χ1n) is 7.19. The summed E-state index contributed by atoms with van der Waals surface area (Å²) in [5.74, 6) is -3.70. The Labute approximate surface area is 175 Å². The molecule has 0 aromatic rings. The molecule has 0 rings (SSSR count). The molecule has 17 nitrogen and oxygen atoms in total. The Morgan fingerprint density at radius 1 is 1.00 bits per heavy atom. The largest absolute Gasteiger partial charge is 0.480 e. The molecule has 2 amide bonds. The molecule has 0 saturated heterocycles. The van der Waals surface area contributed by atoms with Crippen LogP contribution in [0.25, 0.3) is 0 Å². The van der Waals surface area contributed by atoms with Crippen LogP contribution in [0.4, 0.5) is 0 Å². The number of amides is 2. The number of hydrogen-bond donors (Lipinski definition) is 8. The molecule has 0 bridgehead atoms. The lowest BCUT2D eigenvalue weighted by Gasteiger charge is -2.16. The van der Waals surface area contributed by atoms with Crippen LogP contribution >= 0.6 is 12.6 Å². The molecule has 0 aliphatic heterocycles. The van der Waals surface area contributed by atoms with Crippen LogP contribution in [0.2, 0.25) is 0 Å². The molecule has 0 heterocycles. The molecule has 0 radical (unpaired) electrons. The van der Waals surface area contributed by atoms with E-state index >= 15 is 0 Å². The molecule has 176 valence electrons. The van der Waals surface area contributed by atoms with Gasteiger partial charge in [-0.1, -0.05) is 8.67 Å². The number of nitrogens with two attached hydrogens (primary N) is 1. The second kappa shape index (κ2) is 14.0. The Morgan fingerprint density at radius 3 is 1.80 bits per heavy atom. The van der Waals surface area contributed by atoms with Gasteiger partial charge in [-0.15, -0.1) is 0 Å². The van der Waals surface area contributed by atoms with Crippen molar-refractivity contribution in [2.24, 2.45) is 5.73 Å². The SMILES string of the molecule is NC(CCC(=O)NC(CS)C(=O)NCC(=O)O)C(=O)O.O=S(=O)(O)OOS(=O)(=O)O.